The van der Waals surface area contributed by atoms with E-state index in [0.29, 0.717) is 12.2 Å². The summed E-state index contributed by atoms with van der Waals surface area (Å²) in [6.07, 6.45) is 2.00. The Bertz CT molecular complexity index is 821. The number of rotatable bonds is 7. The van der Waals surface area contributed by atoms with Crippen LogP contribution in [0.4, 0.5) is 17.2 Å². The number of fused-ring (bicyclic) bond motifs is 1. The second-order valence-electron chi connectivity index (χ2n) is 6.49. The zero-order chi connectivity index (χ0) is 19.9. The Morgan fingerprint density at radius 1 is 1.14 bits per heavy atom. The highest BCUT2D eigenvalue weighted by molar-refractivity contribution is 7.99. The van der Waals surface area contributed by atoms with Gasteiger partial charge in [0.1, 0.15) is 5.82 Å². The van der Waals surface area contributed by atoms with Gasteiger partial charge in [0.05, 0.1) is 17.6 Å². The van der Waals surface area contributed by atoms with Crippen LogP contribution in [-0.4, -0.2) is 42.2 Å². The van der Waals surface area contributed by atoms with Crippen molar-refractivity contribution in [3.8, 4) is 0 Å². The molecule has 1 aromatic heterocycles. The molecule has 2 aromatic rings. The molecule has 1 aliphatic heterocycles. The number of carbonyl (C=O) groups is 2. The number of anilines is 3. The van der Waals surface area contributed by atoms with Gasteiger partial charge < -0.3 is 15.1 Å². The molecule has 0 radical (unpaired) electrons. The van der Waals surface area contributed by atoms with Gasteiger partial charge in [-0.1, -0.05) is 12.1 Å². The Morgan fingerprint density at radius 3 is 2.64 bits per heavy atom. The lowest BCUT2D eigenvalue weighted by Gasteiger charge is -2.29. The Hall–Kier alpha value is -2.54. The number of pyridine rings is 1. The number of hydrogen-bond acceptors (Lipinski definition) is 5. The normalized spacial score (nSPS) is 13.0. The van der Waals surface area contributed by atoms with Gasteiger partial charge >= 0.3 is 0 Å². The van der Waals surface area contributed by atoms with E-state index in [9.17, 15) is 9.59 Å². The van der Waals surface area contributed by atoms with E-state index in [0.717, 1.165) is 35.2 Å². The van der Waals surface area contributed by atoms with E-state index in [1.807, 2.05) is 36.4 Å². The minimum Gasteiger partial charge on any atom is -0.357 e. The second-order valence-corrected chi connectivity index (χ2v) is 7.62. The topological polar surface area (TPSA) is 65.5 Å². The molecular formula is C21H26N4O2S. The van der Waals surface area contributed by atoms with Crippen LogP contribution in [0, 0.1) is 0 Å². The molecule has 1 N–H and O–H groups in total. The quantitative estimate of drug-likeness (QED) is 0.769. The molecule has 3 rings (SSSR count). The third kappa shape index (κ3) is 4.84. The van der Waals surface area contributed by atoms with E-state index in [1.165, 1.54) is 0 Å². The first-order valence-corrected chi connectivity index (χ1v) is 10.6. The summed E-state index contributed by atoms with van der Waals surface area (Å²) in [6, 6.07) is 11.7. The average molecular weight is 399 g/mol. The summed E-state index contributed by atoms with van der Waals surface area (Å²) in [5.41, 5.74) is 1.59. The molecule has 2 heterocycles. The van der Waals surface area contributed by atoms with E-state index < -0.39 is 0 Å². The summed E-state index contributed by atoms with van der Waals surface area (Å²) in [5.74, 6) is 1.57. The van der Waals surface area contributed by atoms with Crippen molar-refractivity contribution in [3.63, 3.8) is 0 Å². The first-order valence-electron chi connectivity index (χ1n) is 9.65. The molecule has 0 atom stereocenters. The van der Waals surface area contributed by atoms with E-state index in [1.54, 1.807) is 22.9 Å². The Labute approximate surface area is 170 Å². The molecule has 6 nitrogen and oxygen atoms in total. The summed E-state index contributed by atoms with van der Waals surface area (Å²) in [4.78, 5) is 34.3. The number of thioether (sulfide) groups is 1. The molecular weight excluding hydrogens is 372 g/mol. The van der Waals surface area contributed by atoms with Gasteiger partial charge in [-0.25, -0.2) is 4.98 Å². The van der Waals surface area contributed by atoms with Gasteiger partial charge in [-0.3, -0.25) is 9.59 Å². The van der Waals surface area contributed by atoms with Crippen LogP contribution in [0.15, 0.2) is 47.5 Å². The van der Waals surface area contributed by atoms with Gasteiger partial charge in [-0.2, -0.15) is 0 Å². The van der Waals surface area contributed by atoms with Crippen molar-refractivity contribution in [2.24, 2.45) is 0 Å². The van der Waals surface area contributed by atoms with Crippen molar-refractivity contribution in [2.45, 2.75) is 31.6 Å². The number of nitrogens with one attached hydrogen (secondary N) is 1. The number of nitrogens with zero attached hydrogens (tertiary/aromatic N) is 3. The number of benzene rings is 1. The van der Waals surface area contributed by atoms with Crippen molar-refractivity contribution in [2.75, 3.05) is 40.5 Å². The number of para-hydroxylation sites is 1. The lowest BCUT2D eigenvalue weighted by atomic mass is 10.2. The first-order chi connectivity index (χ1) is 13.6. The van der Waals surface area contributed by atoms with Crippen molar-refractivity contribution < 1.29 is 9.59 Å². The van der Waals surface area contributed by atoms with E-state index in [2.05, 4.69) is 29.0 Å². The third-order valence-electron chi connectivity index (χ3n) is 4.71. The molecule has 0 aliphatic carbocycles. The largest absolute Gasteiger partial charge is 0.357 e. The predicted molar refractivity (Wildman–Crippen MR) is 115 cm³/mol. The average Bonchev–Trinajstić information content (AvgIpc) is 2.73. The fourth-order valence-corrected chi connectivity index (χ4v) is 4.20. The number of aromatic nitrogens is 1. The van der Waals surface area contributed by atoms with Gasteiger partial charge in [-0.05, 0) is 38.1 Å². The summed E-state index contributed by atoms with van der Waals surface area (Å²) < 4.78 is 0. The molecule has 1 aliphatic rings. The maximum atomic E-state index is 12.6. The van der Waals surface area contributed by atoms with E-state index >= 15 is 0 Å². The third-order valence-corrected chi connectivity index (χ3v) is 5.76. The monoisotopic (exact) mass is 398 g/mol. The SMILES string of the molecule is CCN(CC)c1ccc(NC(=O)CCC(=O)N2CCSc3ccccc32)cn1. The van der Waals surface area contributed by atoms with Crippen molar-refractivity contribution in [1.29, 1.82) is 0 Å². The van der Waals surface area contributed by atoms with E-state index in [-0.39, 0.29) is 24.7 Å². The molecule has 1 aromatic carbocycles. The summed E-state index contributed by atoms with van der Waals surface area (Å²) >= 11 is 1.76. The maximum absolute atomic E-state index is 12.6. The first kappa shape index (κ1) is 20.2. The molecule has 0 saturated carbocycles. The fourth-order valence-electron chi connectivity index (χ4n) is 3.20. The molecule has 2 amide bonds. The highest BCUT2D eigenvalue weighted by atomic mass is 32.2. The van der Waals surface area contributed by atoms with Crippen molar-refractivity contribution >= 4 is 40.8 Å². The zero-order valence-corrected chi connectivity index (χ0v) is 17.2. The molecule has 0 unspecified atom stereocenters. The van der Waals surface area contributed by atoms with Crippen LogP contribution in [0.3, 0.4) is 0 Å². The molecule has 7 heteroatoms. The van der Waals surface area contributed by atoms with Gasteiger partial charge in [0, 0.05) is 43.1 Å². The number of hydrogen-bond donors (Lipinski definition) is 1. The standard InChI is InChI=1S/C21H26N4O2S/c1-3-24(4-2)19-10-9-16(15-22-19)23-20(26)11-12-21(27)25-13-14-28-18-8-6-5-7-17(18)25/h5-10,15H,3-4,11-14H2,1-2H3,(H,23,26). The van der Waals surface area contributed by atoms with Crippen LogP contribution >= 0.6 is 11.8 Å². The summed E-state index contributed by atoms with van der Waals surface area (Å²) in [7, 11) is 0. The Morgan fingerprint density at radius 2 is 1.93 bits per heavy atom. The van der Waals surface area contributed by atoms with Crippen molar-refractivity contribution in [3.05, 3.63) is 42.6 Å². The number of amides is 2. The molecule has 0 spiro atoms. The van der Waals surface area contributed by atoms with Gasteiger partial charge in [0.15, 0.2) is 0 Å². The molecule has 0 fully saturated rings. The van der Waals surface area contributed by atoms with Crippen LogP contribution in [0.1, 0.15) is 26.7 Å². The minimum absolute atomic E-state index is 0.0158. The summed E-state index contributed by atoms with van der Waals surface area (Å²) in [5, 5.41) is 2.83. The number of carbonyl (C=O) groups excluding carboxylic acids is 2. The minimum atomic E-state index is -0.176. The van der Waals surface area contributed by atoms with Gasteiger partial charge in [0.25, 0.3) is 0 Å². The Balaban J connectivity index is 1.53. The maximum Gasteiger partial charge on any atom is 0.227 e. The molecule has 0 saturated heterocycles. The molecule has 28 heavy (non-hydrogen) atoms. The lowest BCUT2D eigenvalue weighted by Crippen LogP contribution is -2.35. The van der Waals surface area contributed by atoms with Crippen LogP contribution in [0.5, 0.6) is 0 Å². The van der Waals surface area contributed by atoms with Crippen LogP contribution in [0.25, 0.3) is 0 Å². The smallest absolute Gasteiger partial charge is 0.227 e. The second kappa shape index (κ2) is 9.59. The lowest BCUT2D eigenvalue weighted by molar-refractivity contribution is -0.122. The van der Waals surface area contributed by atoms with Crippen LogP contribution < -0.4 is 15.1 Å². The van der Waals surface area contributed by atoms with Crippen LogP contribution in [-0.2, 0) is 9.59 Å². The molecule has 0 bridgehead atoms. The predicted octanol–water partition coefficient (Wildman–Crippen LogP) is 3.79. The fraction of sp³-hybridized carbons (Fsp3) is 0.381. The summed E-state index contributed by atoms with van der Waals surface area (Å²) in [6.45, 7) is 6.61. The van der Waals surface area contributed by atoms with Gasteiger partial charge in [0.2, 0.25) is 11.8 Å². The van der Waals surface area contributed by atoms with Crippen LogP contribution in [0.2, 0.25) is 0 Å². The molecule has 148 valence electrons. The zero-order valence-electron chi connectivity index (χ0n) is 16.4. The van der Waals surface area contributed by atoms with Gasteiger partial charge in [-0.15, -0.1) is 11.8 Å². The highest BCUT2D eigenvalue weighted by Crippen LogP contribution is 2.34. The highest BCUT2D eigenvalue weighted by Gasteiger charge is 2.22. The van der Waals surface area contributed by atoms with Crippen molar-refractivity contribution in [1.82, 2.24) is 4.98 Å². The van der Waals surface area contributed by atoms with E-state index in [4.69, 9.17) is 0 Å². The Kier molecular flexibility index (Phi) is 6.92.